The molecule has 2 atom stereocenters. The molecule has 7 heteroatoms. The molecule has 1 radical (unpaired) electrons. The number of aliphatic hydroxyl groups excluding tert-OH is 2. The number of nitrogens with one attached hydrogen (secondary N) is 1. The Morgan fingerprint density at radius 2 is 1.62 bits per heavy atom. The molecular formula is C33H37FN3O3. The number of imidazole rings is 1. The van der Waals surface area contributed by atoms with Crippen LogP contribution in [0.1, 0.15) is 60.8 Å². The number of hydrogen-bond donors (Lipinski definition) is 3. The average Bonchev–Trinajstić information content (AvgIpc) is 3.35. The van der Waals surface area contributed by atoms with Crippen LogP contribution < -0.4 is 5.32 Å². The summed E-state index contributed by atoms with van der Waals surface area (Å²) in [5.74, 6) is -0.189. The minimum Gasteiger partial charge on any atom is -0.393 e. The number of halogens is 1. The fourth-order valence-electron chi connectivity index (χ4n) is 4.92. The molecule has 0 saturated heterocycles. The van der Waals surface area contributed by atoms with E-state index < -0.39 is 12.2 Å². The van der Waals surface area contributed by atoms with Gasteiger partial charge in [0.25, 0.3) is 5.91 Å². The summed E-state index contributed by atoms with van der Waals surface area (Å²) in [6.45, 7) is 8.37. The van der Waals surface area contributed by atoms with Crippen LogP contribution in [0.4, 0.5) is 4.39 Å². The first-order valence-corrected chi connectivity index (χ1v) is 13.7. The number of hydrogen-bond acceptors (Lipinski definition) is 4. The molecule has 3 aromatic carbocycles. The van der Waals surface area contributed by atoms with Crippen LogP contribution in [0, 0.1) is 12.7 Å². The predicted molar refractivity (Wildman–Crippen MR) is 156 cm³/mol. The lowest BCUT2D eigenvalue weighted by Gasteiger charge is -2.19. The lowest BCUT2D eigenvalue weighted by Crippen LogP contribution is -2.25. The molecule has 0 aliphatic heterocycles. The lowest BCUT2D eigenvalue weighted by molar-refractivity contribution is 0.0742. The maximum Gasteiger partial charge on any atom is 0.272 e. The van der Waals surface area contributed by atoms with E-state index in [9.17, 15) is 19.4 Å². The van der Waals surface area contributed by atoms with E-state index in [0.29, 0.717) is 43.0 Å². The Labute approximate surface area is 235 Å². The summed E-state index contributed by atoms with van der Waals surface area (Å²) < 4.78 is 15.7. The Morgan fingerprint density at radius 3 is 2.30 bits per heavy atom. The molecule has 1 amide bonds. The van der Waals surface area contributed by atoms with E-state index >= 15 is 0 Å². The van der Waals surface area contributed by atoms with Crippen molar-refractivity contribution in [1.29, 1.82) is 0 Å². The molecule has 0 aliphatic rings. The molecule has 0 saturated carbocycles. The molecule has 4 rings (SSSR count). The topological polar surface area (TPSA) is 87.4 Å². The number of aliphatic hydroxyl groups is 2. The first-order valence-electron chi connectivity index (χ1n) is 13.7. The molecule has 0 spiro atoms. The van der Waals surface area contributed by atoms with E-state index in [2.05, 4.69) is 12.2 Å². The van der Waals surface area contributed by atoms with Gasteiger partial charge in [-0.2, -0.15) is 0 Å². The first-order chi connectivity index (χ1) is 19.3. The molecule has 2 unspecified atom stereocenters. The van der Waals surface area contributed by atoms with E-state index in [0.717, 1.165) is 22.4 Å². The Hall–Kier alpha value is -3.81. The third kappa shape index (κ3) is 7.03. The normalized spacial score (nSPS) is 12.9. The van der Waals surface area contributed by atoms with E-state index in [-0.39, 0.29) is 24.1 Å². The van der Waals surface area contributed by atoms with Crippen LogP contribution in [0.5, 0.6) is 0 Å². The molecule has 6 nitrogen and oxygen atoms in total. The zero-order valence-corrected chi connectivity index (χ0v) is 23.1. The van der Waals surface area contributed by atoms with Crippen LogP contribution in [-0.4, -0.2) is 37.9 Å². The Morgan fingerprint density at radius 1 is 0.950 bits per heavy atom. The van der Waals surface area contributed by atoms with Crippen LogP contribution in [0.2, 0.25) is 0 Å². The standard InChI is InChI=1S/C33H37FN3O3/c1-4-27(38)20-28(39)18-19-37-31(22(2)3)30(36-32(37)24-14-16-26(34)17-15-24)33(40)35-21-25-12-8-9-13-29(25)23-10-6-5-7-11-23/h5-17,22,27-28,38-39H,1,4,18-21H2,2-3H3,(H,35,40). The fraction of sp³-hybridized carbons (Fsp3) is 0.303. The summed E-state index contributed by atoms with van der Waals surface area (Å²) in [5.41, 5.74) is 4.81. The molecule has 0 bridgehead atoms. The highest BCUT2D eigenvalue weighted by Gasteiger charge is 2.26. The number of carbonyl (C=O) groups excluding carboxylic acids is 1. The number of aromatic nitrogens is 2. The Bertz CT molecular complexity index is 1400. The number of benzene rings is 3. The third-order valence-electron chi connectivity index (χ3n) is 6.98. The lowest BCUT2D eigenvalue weighted by atomic mass is 9.99. The predicted octanol–water partition coefficient (Wildman–Crippen LogP) is 6.14. The molecule has 4 aromatic rings. The maximum absolute atomic E-state index is 13.7. The monoisotopic (exact) mass is 542 g/mol. The SMILES string of the molecule is [CH2]CC(O)CC(O)CCn1c(-c2ccc(F)cc2)nc(C(=O)NCc2ccccc2-c2ccccc2)c1C(C)C. The quantitative estimate of drug-likeness (QED) is 0.201. The third-order valence-corrected chi connectivity index (χ3v) is 6.98. The van der Waals surface area contributed by atoms with Gasteiger partial charge in [-0.25, -0.2) is 9.37 Å². The highest BCUT2D eigenvalue weighted by Crippen LogP contribution is 2.29. The number of amides is 1. The van der Waals surface area contributed by atoms with Gasteiger partial charge in [-0.15, -0.1) is 0 Å². The fourth-order valence-corrected chi connectivity index (χ4v) is 4.92. The molecular weight excluding hydrogens is 505 g/mol. The van der Waals surface area contributed by atoms with Crippen LogP contribution in [0.15, 0.2) is 78.9 Å². The van der Waals surface area contributed by atoms with Gasteiger partial charge in [-0.05, 0) is 66.1 Å². The van der Waals surface area contributed by atoms with Gasteiger partial charge in [0.1, 0.15) is 17.3 Å². The smallest absolute Gasteiger partial charge is 0.272 e. The van der Waals surface area contributed by atoms with Gasteiger partial charge in [0.05, 0.1) is 17.9 Å². The van der Waals surface area contributed by atoms with Crippen molar-refractivity contribution in [2.24, 2.45) is 0 Å². The first kappa shape index (κ1) is 29.2. The summed E-state index contributed by atoms with van der Waals surface area (Å²) in [5, 5.41) is 23.5. The number of nitrogens with zero attached hydrogens (tertiary/aromatic N) is 2. The zero-order chi connectivity index (χ0) is 28.6. The second kappa shape index (κ2) is 13.5. The minimum absolute atomic E-state index is 0.0540. The van der Waals surface area contributed by atoms with Gasteiger partial charge < -0.3 is 20.1 Å². The second-order valence-electron chi connectivity index (χ2n) is 10.3. The van der Waals surface area contributed by atoms with E-state index in [4.69, 9.17) is 4.98 Å². The number of rotatable bonds is 12. The summed E-state index contributed by atoms with van der Waals surface area (Å²) >= 11 is 0. The summed E-state index contributed by atoms with van der Waals surface area (Å²) in [4.78, 5) is 18.4. The van der Waals surface area contributed by atoms with Gasteiger partial charge in [0.2, 0.25) is 0 Å². The van der Waals surface area contributed by atoms with Gasteiger partial charge in [0, 0.05) is 18.7 Å². The Kier molecular flexibility index (Phi) is 9.85. The zero-order valence-electron chi connectivity index (χ0n) is 23.1. The van der Waals surface area contributed by atoms with Gasteiger partial charge >= 0.3 is 0 Å². The molecule has 0 fully saturated rings. The molecule has 1 aromatic heterocycles. The molecule has 209 valence electrons. The van der Waals surface area contributed by atoms with Gasteiger partial charge in [-0.1, -0.05) is 75.4 Å². The van der Waals surface area contributed by atoms with Crippen LogP contribution in [0.25, 0.3) is 22.5 Å². The van der Waals surface area contributed by atoms with Crippen molar-refractivity contribution in [2.45, 2.75) is 64.3 Å². The van der Waals surface area contributed by atoms with Gasteiger partial charge in [0.15, 0.2) is 0 Å². The molecule has 1 heterocycles. The van der Waals surface area contributed by atoms with Crippen LogP contribution in [0.3, 0.4) is 0 Å². The average molecular weight is 543 g/mol. The maximum atomic E-state index is 13.7. The van der Waals surface area contributed by atoms with Crippen molar-refractivity contribution in [2.75, 3.05) is 0 Å². The molecule has 40 heavy (non-hydrogen) atoms. The number of carbonyl (C=O) groups is 1. The van der Waals surface area contributed by atoms with Crippen LogP contribution >= 0.6 is 0 Å². The highest BCUT2D eigenvalue weighted by atomic mass is 19.1. The van der Waals surface area contributed by atoms with Crippen molar-refractivity contribution in [3.8, 4) is 22.5 Å². The largest absolute Gasteiger partial charge is 0.393 e. The van der Waals surface area contributed by atoms with Gasteiger partial charge in [-0.3, -0.25) is 4.79 Å². The van der Waals surface area contributed by atoms with Crippen molar-refractivity contribution < 1.29 is 19.4 Å². The molecule has 0 aliphatic carbocycles. The summed E-state index contributed by atoms with van der Waals surface area (Å²) in [6.07, 6.45) is -0.536. The molecule has 3 N–H and O–H groups in total. The minimum atomic E-state index is -0.744. The Balaban J connectivity index is 1.65. The second-order valence-corrected chi connectivity index (χ2v) is 10.3. The van der Waals surface area contributed by atoms with Crippen molar-refractivity contribution in [3.05, 3.63) is 109 Å². The van der Waals surface area contributed by atoms with Crippen molar-refractivity contribution in [3.63, 3.8) is 0 Å². The highest BCUT2D eigenvalue weighted by molar-refractivity contribution is 5.94. The summed E-state index contributed by atoms with van der Waals surface area (Å²) in [7, 11) is 0. The summed E-state index contributed by atoms with van der Waals surface area (Å²) in [6, 6.07) is 24.0. The van der Waals surface area contributed by atoms with E-state index in [1.54, 1.807) is 12.1 Å². The van der Waals surface area contributed by atoms with Crippen LogP contribution in [-0.2, 0) is 13.1 Å². The van der Waals surface area contributed by atoms with E-state index in [1.807, 2.05) is 73.0 Å². The van der Waals surface area contributed by atoms with Crippen molar-refractivity contribution in [1.82, 2.24) is 14.9 Å². The van der Waals surface area contributed by atoms with Crippen molar-refractivity contribution >= 4 is 5.91 Å². The van der Waals surface area contributed by atoms with E-state index in [1.165, 1.54) is 12.1 Å².